The summed E-state index contributed by atoms with van der Waals surface area (Å²) in [5.74, 6) is 0.147. The molecule has 1 aromatic carbocycles. The number of sulfone groups is 1. The molecule has 0 bridgehead atoms. The van der Waals surface area contributed by atoms with Crippen molar-refractivity contribution in [2.75, 3.05) is 17.3 Å². The third-order valence-corrected chi connectivity index (χ3v) is 6.70. The highest BCUT2D eigenvalue weighted by molar-refractivity contribution is 8.00. The van der Waals surface area contributed by atoms with E-state index in [1.165, 1.54) is 18.1 Å². The molecule has 23 heavy (non-hydrogen) atoms. The maximum atomic E-state index is 12.2. The van der Waals surface area contributed by atoms with E-state index in [4.69, 9.17) is 0 Å². The molecular formula is C15H17N3O3S2. The van der Waals surface area contributed by atoms with Crippen LogP contribution in [0.15, 0.2) is 35.6 Å². The van der Waals surface area contributed by atoms with Crippen LogP contribution in [0.1, 0.15) is 13.3 Å². The molecule has 3 rings (SSSR count). The molecule has 1 saturated heterocycles. The first-order valence-electron chi connectivity index (χ1n) is 7.21. The summed E-state index contributed by atoms with van der Waals surface area (Å²) < 4.78 is 23.2. The largest absolute Gasteiger partial charge is 0.349 e. The number of nitrogens with one attached hydrogen (secondary N) is 1. The van der Waals surface area contributed by atoms with E-state index in [9.17, 15) is 13.2 Å². The minimum Gasteiger partial charge on any atom is -0.349 e. The quantitative estimate of drug-likeness (QED) is 0.662. The predicted molar refractivity (Wildman–Crippen MR) is 90.1 cm³/mol. The van der Waals surface area contributed by atoms with Crippen molar-refractivity contribution in [2.45, 2.75) is 23.9 Å². The Kier molecular flexibility index (Phi) is 4.29. The average molecular weight is 351 g/mol. The minimum absolute atomic E-state index is 0.00679. The van der Waals surface area contributed by atoms with Crippen molar-refractivity contribution in [3.05, 3.63) is 30.6 Å². The fraction of sp³-hybridized carbons (Fsp3) is 0.400. The molecule has 2 aromatic rings. The predicted octanol–water partition coefficient (Wildman–Crippen LogP) is 1.42. The molecule has 122 valence electrons. The van der Waals surface area contributed by atoms with Crippen LogP contribution in [-0.4, -0.2) is 47.1 Å². The maximum absolute atomic E-state index is 12.2. The molecule has 0 aliphatic carbocycles. The van der Waals surface area contributed by atoms with Crippen molar-refractivity contribution in [2.24, 2.45) is 0 Å². The van der Waals surface area contributed by atoms with E-state index in [-0.39, 0.29) is 23.2 Å². The van der Waals surface area contributed by atoms with Gasteiger partial charge in [0.15, 0.2) is 9.84 Å². The lowest BCUT2D eigenvalue weighted by molar-refractivity contribution is -0.120. The first-order valence-corrected chi connectivity index (χ1v) is 10.0. The second kappa shape index (κ2) is 6.09. The summed E-state index contributed by atoms with van der Waals surface area (Å²) in [6.07, 6.45) is 1.94. The SMILES string of the molecule is C[C@]1(NC(=O)CSc2ncnc3ccccc23)CCS(=O)(=O)C1. The Morgan fingerprint density at radius 3 is 2.87 bits per heavy atom. The fourth-order valence-electron chi connectivity index (χ4n) is 2.71. The molecule has 1 N–H and O–H groups in total. The molecule has 1 aromatic heterocycles. The lowest BCUT2D eigenvalue weighted by Crippen LogP contribution is -2.47. The number of carbonyl (C=O) groups excluding carboxylic acids is 1. The van der Waals surface area contributed by atoms with Gasteiger partial charge >= 0.3 is 0 Å². The highest BCUT2D eigenvalue weighted by atomic mass is 32.2. The smallest absolute Gasteiger partial charge is 0.230 e. The van der Waals surface area contributed by atoms with Crippen LogP contribution in [0.5, 0.6) is 0 Å². The number of nitrogens with zero attached hydrogens (tertiary/aromatic N) is 2. The first-order chi connectivity index (χ1) is 10.9. The average Bonchev–Trinajstić information content (AvgIpc) is 2.78. The highest BCUT2D eigenvalue weighted by Gasteiger charge is 2.39. The number of thioether (sulfide) groups is 1. The summed E-state index contributed by atoms with van der Waals surface area (Å²) in [5, 5.41) is 4.50. The van der Waals surface area contributed by atoms with Crippen LogP contribution in [0, 0.1) is 0 Å². The van der Waals surface area contributed by atoms with Gasteiger partial charge in [0.25, 0.3) is 0 Å². The van der Waals surface area contributed by atoms with Gasteiger partial charge in [0.05, 0.1) is 28.3 Å². The van der Waals surface area contributed by atoms with Gasteiger partial charge in [0, 0.05) is 5.39 Å². The number of para-hydroxylation sites is 1. The zero-order valence-electron chi connectivity index (χ0n) is 12.7. The lowest BCUT2D eigenvalue weighted by Gasteiger charge is -2.23. The summed E-state index contributed by atoms with van der Waals surface area (Å²) in [4.78, 5) is 20.6. The van der Waals surface area contributed by atoms with Crippen molar-refractivity contribution in [1.29, 1.82) is 0 Å². The summed E-state index contributed by atoms with van der Waals surface area (Å²) in [6, 6.07) is 7.62. The molecule has 1 aliphatic rings. The van der Waals surface area contributed by atoms with Crippen LogP contribution in [0.4, 0.5) is 0 Å². The summed E-state index contributed by atoms with van der Waals surface area (Å²) >= 11 is 1.33. The zero-order chi connectivity index (χ0) is 16.5. The normalized spacial score (nSPS) is 23.0. The summed E-state index contributed by atoms with van der Waals surface area (Å²) in [7, 11) is -3.04. The van der Waals surface area contributed by atoms with E-state index in [0.717, 1.165) is 15.9 Å². The second-order valence-electron chi connectivity index (χ2n) is 5.94. The standard InChI is InChI=1S/C15H17N3O3S2/c1-15(6-7-23(20,21)9-15)18-13(19)8-22-14-11-4-2-3-5-12(11)16-10-17-14/h2-5,10H,6-9H2,1H3,(H,18,19)/t15-/m0/s1. The Labute approximate surface area is 139 Å². The highest BCUT2D eigenvalue weighted by Crippen LogP contribution is 2.25. The number of hydrogen-bond acceptors (Lipinski definition) is 6. The Bertz CT molecular complexity index is 849. The molecule has 1 amide bonds. The molecule has 1 atom stereocenters. The van der Waals surface area contributed by atoms with Gasteiger partial charge in [0.1, 0.15) is 11.4 Å². The molecule has 1 fully saturated rings. The van der Waals surface area contributed by atoms with E-state index in [1.807, 2.05) is 24.3 Å². The van der Waals surface area contributed by atoms with Gasteiger partial charge in [0.2, 0.25) is 5.91 Å². The molecule has 0 unspecified atom stereocenters. The Morgan fingerprint density at radius 1 is 1.35 bits per heavy atom. The van der Waals surface area contributed by atoms with E-state index in [0.29, 0.717) is 6.42 Å². The summed E-state index contributed by atoms with van der Waals surface area (Å²) in [5.41, 5.74) is 0.170. The fourth-order valence-corrected chi connectivity index (χ4v) is 5.59. The van der Waals surface area contributed by atoms with Crippen LogP contribution in [0.25, 0.3) is 10.9 Å². The first kappa shape index (κ1) is 16.2. The molecule has 1 aliphatic heterocycles. The van der Waals surface area contributed by atoms with Crippen molar-refractivity contribution in [3.8, 4) is 0 Å². The lowest BCUT2D eigenvalue weighted by atomic mass is 10.0. The van der Waals surface area contributed by atoms with Crippen LogP contribution in [0.3, 0.4) is 0 Å². The Balaban J connectivity index is 1.65. The van der Waals surface area contributed by atoms with Gasteiger partial charge in [-0.25, -0.2) is 18.4 Å². The molecule has 6 nitrogen and oxygen atoms in total. The molecule has 2 heterocycles. The van der Waals surface area contributed by atoms with Crippen LogP contribution < -0.4 is 5.32 Å². The third kappa shape index (κ3) is 3.81. The van der Waals surface area contributed by atoms with Gasteiger partial charge in [-0.2, -0.15) is 0 Å². The maximum Gasteiger partial charge on any atom is 0.230 e. The Hall–Kier alpha value is -1.67. The van der Waals surface area contributed by atoms with Gasteiger partial charge in [-0.15, -0.1) is 0 Å². The van der Waals surface area contributed by atoms with Crippen LogP contribution in [-0.2, 0) is 14.6 Å². The zero-order valence-corrected chi connectivity index (χ0v) is 14.3. The molecule has 0 spiro atoms. The van der Waals surface area contributed by atoms with Gasteiger partial charge in [-0.3, -0.25) is 4.79 Å². The number of hydrogen-bond donors (Lipinski definition) is 1. The van der Waals surface area contributed by atoms with Gasteiger partial charge in [-0.05, 0) is 19.4 Å². The van der Waals surface area contributed by atoms with Crippen molar-refractivity contribution < 1.29 is 13.2 Å². The number of aromatic nitrogens is 2. The van der Waals surface area contributed by atoms with Crippen molar-refractivity contribution in [1.82, 2.24) is 15.3 Å². The minimum atomic E-state index is -3.04. The molecule has 8 heteroatoms. The number of benzene rings is 1. The molecule has 0 saturated carbocycles. The van der Waals surface area contributed by atoms with Gasteiger partial charge in [-0.1, -0.05) is 30.0 Å². The Morgan fingerprint density at radius 2 is 2.13 bits per heavy atom. The number of fused-ring (bicyclic) bond motifs is 1. The monoisotopic (exact) mass is 351 g/mol. The summed E-state index contributed by atoms with van der Waals surface area (Å²) in [6.45, 7) is 1.78. The molecular weight excluding hydrogens is 334 g/mol. The number of amides is 1. The van der Waals surface area contributed by atoms with Crippen molar-refractivity contribution >= 4 is 38.4 Å². The number of carbonyl (C=O) groups is 1. The van der Waals surface area contributed by atoms with E-state index < -0.39 is 15.4 Å². The van der Waals surface area contributed by atoms with Crippen LogP contribution in [0.2, 0.25) is 0 Å². The van der Waals surface area contributed by atoms with E-state index in [1.54, 1.807) is 6.92 Å². The van der Waals surface area contributed by atoms with Gasteiger partial charge < -0.3 is 5.32 Å². The van der Waals surface area contributed by atoms with Crippen molar-refractivity contribution in [3.63, 3.8) is 0 Å². The molecule has 0 radical (unpaired) electrons. The third-order valence-electron chi connectivity index (χ3n) is 3.79. The second-order valence-corrected chi connectivity index (χ2v) is 9.08. The number of rotatable bonds is 4. The topological polar surface area (TPSA) is 89.0 Å². The van der Waals surface area contributed by atoms with E-state index >= 15 is 0 Å². The van der Waals surface area contributed by atoms with E-state index in [2.05, 4.69) is 15.3 Å². The van der Waals surface area contributed by atoms with Crippen LogP contribution >= 0.6 is 11.8 Å².